The molecular formula is C11H11BrClN3. The molecule has 1 aromatic carbocycles. The van der Waals surface area contributed by atoms with Gasteiger partial charge < -0.3 is 0 Å². The van der Waals surface area contributed by atoms with Crippen molar-refractivity contribution in [1.29, 1.82) is 0 Å². The SMILES string of the molecule is Br.Clc1ccccc1NNc1ccccn1. The van der Waals surface area contributed by atoms with Crippen LogP contribution in [-0.4, -0.2) is 4.98 Å². The number of halogens is 2. The summed E-state index contributed by atoms with van der Waals surface area (Å²) in [5.41, 5.74) is 6.76. The first-order valence-corrected chi connectivity index (χ1v) is 4.91. The van der Waals surface area contributed by atoms with Crippen molar-refractivity contribution in [2.75, 3.05) is 10.9 Å². The molecule has 2 rings (SSSR count). The number of hydrazine groups is 1. The Labute approximate surface area is 110 Å². The number of anilines is 2. The van der Waals surface area contributed by atoms with Crippen LogP contribution in [0.25, 0.3) is 0 Å². The summed E-state index contributed by atoms with van der Waals surface area (Å²) in [6, 6.07) is 13.1. The summed E-state index contributed by atoms with van der Waals surface area (Å²) in [7, 11) is 0. The Morgan fingerprint density at radius 1 is 0.938 bits per heavy atom. The zero-order valence-electron chi connectivity index (χ0n) is 8.35. The summed E-state index contributed by atoms with van der Waals surface area (Å²) in [6.07, 6.45) is 1.72. The van der Waals surface area contributed by atoms with Crippen LogP contribution in [0.1, 0.15) is 0 Å². The van der Waals surface area contributed by atoms with Crippen LogP contribution in [0.2, 0.25) is 5.02 Å². The Morgan fingerprint density at radius 3 is 2.38 bits per heavy atom. The molecule has 0 aliphatic rings. The number of rotatable bonds is 3. The molecule has 5 heteroatoms. The van der Waals surface area contributed by atoms with Gasteiger partial charge in [-0.05, 0) is 24.3 Å². The molecule has 0 spiro atoms. The van der Waals surface area contributed by atoms with Crippen molar-refractivity contribution in [3.8, 4) is 0 Å². The molecule has 0 unspecified atom stereocenters. The fourth-order valence-corrected chi connectivity index (χ4v) is 1.31. The van der Waals surface area contributed by atoms with Gasteiger partial charge in [-0.1, -0.05) is 29.8 Å². The third-order valence-corrected chi connectivity index (χ3v) is 2.19. The second-order valence-corrected chi connectivity index (χ2v) is 3.35. The monoisotopic (exact) mass is 299 g/mol. The maximum Gasteiger partial charge on any atom is 0.144 e. The van der Waals surface area contributed by atoms with Crippen molar-refractivity contribution in [1.82, 2.24) is 4.98 Å². The lowest BCUT2D eigenvalue weighted by Crippen LogP contribution is -2.09. The molecule has 0 bridgehead atoms. The van der Waals surface area contributed by atoms with Crippen LogP contribution in [-0.2, 0) is 0 Å². The van der Waals surface area contributed by atoms with E-state index >= 15 is 0 Å². The van der Waals surface area contributed by atoms with Gasteiger partial charge in [0.15, 0.2) is 0 Å². The first kappa shape index (κ1) is 12.8. The van der Waals surface area contributed by atoms with Crippen molar-refractivity contribution < 1.29 is 0 Å². The summed E-state index contributed by atoms with van der Waals surface area (Å²) < 4.78 is 0. The molecule has 0 atom stereocenters. The third kappa shape index (κ3) is 3.40. The first-order chi connectivity index (χ1) is 7.36. The normalized spacial score (nSPS) is 9.06. The molecule has 1 heterocycles. The molecule has 2 N–H and O–H groups in total. The third-order valence-electron chi connectivity index (χ3n) is 1.86. The van der Waals surface area contributed by atoms with E-state index in [1.165, 1.54) is 0 Å². The van der Waals surface area contributed by atoms with Crippen LogP contribution in [0.5, 0.6) is 0 Å². The standard InChI is InChI=1S/C11H10ClN3.BrH/c12-9-5-1-2-6-10(9)14-15-11-7-3-4-8-13-11;/h1-8,14H,(H,13,15);1H. The minimum Gasteiger partial charge on any atom is -0.298 e. The second-order valence-electron chi connectivity index (χ2n) is 2.94. The molecule has 3 nitrogen and oxygen atoms in total. The molecule has 1 aromatic heterocycles. The average molecular weight is 301 g/mol. The van der Waals surface area contributed by atoms with Crippen molar-refractivity contribution in [3.63, 3.8) is 0 Å². The molecule has 0 aliphatic heterocycles. The van der Waals surface area contributed by atoms with E-state index in [1.54, 1.807) is 6.20 Å². The van der Waals surface area contributed by atoms with Crippen molar-refractivity contribution in [2.24, 2.45) is 0 Å². The van der Waals surface area contributed by atoms with Gasteiger partial charge in [0.2, 0.25) is 0 Å². The first-order valence-electron chi connectivity index (χ1n) is 4.54. The van der Waals surface area contributed by atoms with Crippen molar-refractivity contribution in [3.05, 3.63) is 53.7 Å². The second kappa shape index (κ2) is 6.35. The predicted octanol–water partition coefficient (Wildman–Crippen LogP) is 3.75. The van der Waals surface area contributed by atoms with E-state index < -0.39 is 0 Å². The van der Waals surface area contributed by atoms with E-state index in [1.807, 2.05) is 42.5 Å². The van der Waals surface area contributed by atoms with E-state index in [9.17, 15) is 0 Å². The fourth-order valence-electron chi connectivity index (χ4n) is 1.13. The largest absolute Gasteiger partial charge is 0.298 e. The number of pyridine rings is 1. The summed E-state index contributed by atoms with van der Waals surface area (Å²) in [5, 5.41) is 0.668. The quantitative estimate of drug-likeness (QED) is 0.848. The molecular weight excluding hydrogens is 289 g/mol. The topological polar surface area (TPSA) is 37.0 Å². The highest BCUT2D eigenvalue weighted by Gasteiger charge is 1.96. The molecule has 0 saturated carbocycles. The number of benzene rings is 1. The number of hydrogen-bond donors (Lipinski definition) is 2. The number of hydrogen-bond acceptors (Lipinski definition) is 3. The number of para-hydroxylation sites is 1. The van der Waals surface area contributed by atoms with Gasteiger partial charge in [0.05, 0.1) is 10.7 Å². The van der Waals surface area contributed by atoms with Crippen LogP contribution in [0.15, 0.2) is 48.7 Å². The Morgan fingerprint density at radius 2 is 1.69 bits per heavy atom. The Kier molecular flexibility index (Phi) is 5.08. The summed E-state index contributed by atoms with van der Waals surface area (Å²) in [6.45, 7) is 0. The van der Waals surface area contributed by atoms with Crippen LogP contribution in [0.4, 0.5) is 11.5 Å². The van der Waals surface area contributed by atoms with Gasteiger partial charge in [-0.25, -0.2) is 4.98 Å². The lowest BCUT2D eigenvalue weighted by molar-refractivity contribution is 1.27. The minimum absolute atomic E-state index is 0. The van der Waals surface area contributed by atoms with Crippen LogP contribution in [0.3, 0.4) is 0 Å². The molecule has 0 amide bonds. The van der Waals surface area contributed by atoms with Crippen LogP contribution < -0.4 is 10.9 Å². The Hall–Kier alpha value is -1.26. The molecule has 0 radical (unpaired) electrons. The van der Waals surface area contributed by atoms with Crippen LogP contribution >= 0.6 is 28.6 Å². The molecule has 0 saturated heterocycles. The van der Waals surface area contributed by atoms with Gasteiger partial charge >= 0.3 is 0 Å². The van der Waals surface area contributed by atoms with E-state index in [4.69, 9.17) is 11.6 Å². The maximum absolute atomic E-state index is 5.97. The Bertz CT molecular complexity index is 436. The highest BCUT2D eigenvalue weighted by Crippen LogP contribution is 2.20. The van der Waals surface area contributed by atoms with Gasteiger partial charge in [0, 0.05) is 6.20 Å². The predicted molar refractivity (Wildman–Crippen MR) is 73.3 cm³/mol. The molecule has 0 fully saturated rings. The zero-order chi connectivity index (χ0) is 10.5. The highest BCUT2D eigenvalue weighted by molar-refractivity contribution is 8.93. The van der Waals surface area contributed by atoms with E-state index in [0.29, 0.717) is 5.02 Å². The van der Waals surface area contributed by atoms with Crippen molar-refractivity contribution in [2.45, 2.75) is 0 Å². The van der Waals surface area contributed by atoms with Gasteiger partial charge in [0.1, 0.15) is 5.82 Å². The summed E-state index contributed by atoms with van der Waals surface area (Å²) >= 11 is 5.97. The zero-order valence-corrected chi connectivity index (χ0v) is 10.8. The smallest absolute Gasteiger partial charge is 0.144 e. The fraction of sp³-hybridized carbons (Fsp3) is 0. The van der Waals surface area contributed by atoms with Gasteiger partial charge in [0.25, 0.3) is 0 Å². The van der Waals surface area contributed by atoms with Gasteiger partial charge in [-0.3, -0.25) is 10.9 Å². The van der Waals surface area contributed by atoms with Crippen LogP contribution in [0, 0.1) is 0 Å². The number of aromatic nitrogens is 1. The molecule has 2 aromatic rings. The maximum atomic E-state index is 5.97. The summed E-state index contributed by atoms with van der Waals surface area (Å²) in [5.74, 6) is 0.748. The highest BCUT2D eigenvalue weighted by atomic mass is 79.9. The Balaban J connectivity index is 0.00000128. The number of nitrogens with zero attached hydrogens (tertiary/aromatic N) is 1. The van der Waals surface area contributed by atoms with Gasteiger partial charge in [-0.15, -0.1) is 17.0 Å². The average Bonchev–Trinajstić information content (AvgIpc) is 2.29. The van der Waals surface area contributed by atoms with E-state index in [2.05, 4.69) is 15.8 Å². The van der Waals surface area contributed by atoms with E-state index in [0.717, 1.165) is 11.5 Å². The lowest BCUT2D eigenvalue weighted by atomic mass is 10.3. The van der Waals surface area contributed by atoms with Gasteiger partial charge in [-0.2, -0.15) is 0 Å². The number of nitrogens with one attached hydrogen (secondary N) is 2. The molecule has 84 valence electrons. The van der Waals surface area contributed by atoms with E-state index in [-0.39, 0.29) is 17.0 Å². The van der Waals surface area contributed by atoms with Crippen molar-refractivity contribution >= 4 is 40.1 Å². The lowest BCUT2D eigenvalue weighted by Gasteiger charge is -2.09. The minimum atomic E-state index is 0. The molecule has 16 heavy (non-hydrogen) atoms. The summed E-state index contributed by atoms with van der Waals surface area (Å²) in [4.78, 5) is 4.11. The molecule has 0 aliphatic carbocycles.